The lowest BCUT2D eigenvalue weighted by molar-refractivity contribution is 0.00636. The third-order valence-corrected chi connectivity index (χ3v) is 3.99. The molecular weight excluding hydrogens is 254 g/mol. The number of rotatable bonds is 6. The molecule has 1 aromatic rings. The summed E-state index contributed by atoms with van der Waals surface area (Å²) in [6, 6.07) is 7.42. The SMILES string of the molecule is COc1cccc(C(O)COCC2(N)CCCCC2)c1. The Morgan fingerprint density at radius 3 is 2.75 bits per heavy atom. The van der Waals surface area contributed by atoms with E-state index >= 15 is 0 Å². The van der Waals surface area contributed by atoms with Gasteiger partial charge in [0.05, 0.1) is 20.3 Å². The summed E-state index contributed by atoms with van der Waals surface area (Å²) in [6.45, 7) is 0.792. The number of hydrogen-bond acceptors (Lipinski definition) is 4. The van der Waals surface area contributed by atoms with Gasteiger partial charge < -0.3 is 20.3 Å². The van der Waals surface area contributed by atoms with E-state index in [4.69, 9.17) is 15.2 Å². The first-order chi connectivity index (χ1) is 9.63. The molecule has 1 aliphatic carbocycles. The van der Waals surface area contributed by atoms with E-state index in [2.05, 4.69) is 0 Å². The molecule has 1 aromatic carbocycles. The summed E-state index contributed by atoms with van der Waals surface area (Å²) in [5.41, 5.74) is 6.91. The van der Waals surface area contributed by atoms with Gasteiger partial charge in [0.1, 0.15) is 11.9 Å². The molecule has 2 rings (SSSR count). The summed E-state index contributed by atoms with van der Waals surface area (Å²) in [5.74, 6) is 0.740. The van der Waals surface area contributed by atoms with Crippen molar-refractivity contribution < 1.29 is 14.6 Å². The molecule has 3 N–H and O–H groups in total. The maximum absolute atomic E-state index is 10.1. The van der Waals surface area contributed by atoms with Crippen LogP contribution in [0, 0.1) is 0 Å². The van der Waals surface area contributed by atoms with Gasteiger partial charge in [0.25, 0.3) is 0 Å². The third-order valence-electron chi connectivity index (χ3n) is 3.99. The molecule has 0 spiro atoms. The fraction of sp³-hybridized carbons (Fsp3) is 0.625. The second-order valence-electron chi connectivity index (χ2n) is 5.73. The Morgan fingerprint density at radius 1 is 1.30 bits per heavy atom. The van der Waals surface area contributed by atoms with Gasteiger partial charge in [-0.3, -0.25) is 0 Å². The maximum atomic E-state index is 10.1. The van der Waals surface area contributed by atoms with Crippen molar-refractivity contribution in [2.75, 3.05) is 20.3 Å². The van der Waals surface area contributed by atoms with Gasteiger partial charge in [0.15, 0.2) is 0 Å². The first kappa shape index (κ1) is 15.3. The fourth-order valence-electron chi connectivity index (χ4n) is 2.72. The zero-order valence-electron chi connectivity index (χ0n) is 12.2. The zero-order valence-corrected chi connectivity index (χ0v) is 12.2. The Labute approximate surface area is 120 Å². The molecule has 0 aliphatic heterocycles. The van der Waals surface area contributed by atoms with Crippen molar-refractivity contribution in [3.05, 3.63) is 29.8 Å². The Balaban J connectivity index is 1.80. The van der Waals surface area contributed by atoms with Crippen LogP contribution in [0.3, 0.4) is 0 Å². The molecule has 1 fully saturated rings. The predicted molar refractivity (Wildman–Crippen MR) is 78.8 cm³/mol. The molecule has 4 heteroatoms. The molecule has 1 atom stereocenters. The van der Waals surface area contributed by atoms with Crippen LogP contribution in [0.4, 0.5) is 0 Å². The van der Waals surface area contributed by atoms with E-state index in [-0.39, 0.29) is 12.1 Å². The van der Waals surface area contributed by atoms with Gasteiger partial charge in [-0.1, -0.05) is 31.4 Å². The van der Waals surface area contributed by atoms with Crippen molar-refractivity contribution in [3.63, 3.8) is 0 Å². The first-order valence-corrected chi connectivity index (χ1v) is 7.32. The van der Waals surface area contributed by atoms with Gasteiger partial charge in [-0.2, -0.15) is 0 Å². The number of ether oxygens (including phenoxy) is 2. The molecule has 20 heavy (non-hydrogen) atoms. The molecule has 4 nitrogen and oxygen atoms in total. The van der Waals surface area contributed by atoms with Gasteiger partial charge in [-0.15, -0.1) is 0 Å². The van der Waals surface area contributed by atoms with Crippen molar-refractivity contribution in [2.24, 2.45) is 5.73 Å². The Morgan fingerprint density at radius 2 is 2.05 bits per heavy atom. The van der Waals surface area contributed by atoms with Gasteiger partial charge in [-0.05, 0) is 30.5 Å². The molecule has 0 amide bonds. The van der Waals surface area contributed by atoms with Crippen LogP contribution < -0.4 is 10.5 Å². The van der Waals surface area contributed by atoms with Crippen molar-refractivity contribution in [1.29, 1.82) is 0 Å². The average Bonchev–Trinajstić information content (AvgIpc) is 2.48. The average molecular weight is 279 g/mol. The van der Waals surface area contributed by atoms with Crippen LogP contribution in [-0.2, 0) is 4.74 Å². The first-order valence-electron chi connectivity index (χ1n) is 7.32. The predicted octanol–water partition coefficient (Wildman–Crippen LogP) is 2.41. The fourth-order valence-corrected chi connectivity index (χ4v) is 2.72. The van der Waals surface area contributed by atoms with E-state index in [9.17, 15) is 5.11 Å². The van der Waals surface area contributed by atoms with E-state index in [1.165, 1.54) is 19.3 Å². The molecule has 0 radical (unpaired) electrons. The second-order valence-corrected chi connectivity index (χ2v) is 5.73. The van der Waals surface area contributed by atoms with Crippen LogP contribution in [0.1, 0.15) is 43.8 Å². The Kier molecular flexibility index (Phi) is 5.40. The summed E-state index contributed by atoms with van der Waals surface area (Å²) >= 11 is 0. The zero-order chi connectivity index (χ0) is 14.4. The highest BCUT2D eigenvalue weighted by atomic mass is 16.5. The van der Waals surface area contributed by atoms with Gasteiger partial charge in [-0.25, -0.2) is 0 Å². The van der Waals surface area contributed by atoms with E-state index in [0.29, 0.717) is 6.61 Å². The summed E-state index contributed by atoms with van der Waals surface area (Å²) in [4.78, 5) is 0. The number of benzene rings is 1. The molecule has 0 heterocycles. The highest BCUT2D eigenvalue weighted by molar-refractivity contribution is 5.29. The van der Waals surface area contributed by atoms with Crippen molar-refractivity contribution >= 4 is 0 Å². The topological polar surface area (TPSA) is 64.7 Å². The molecule has 1 saturated carbocycles. The minimum atomic E-state index is -0.641. The van der Waals surface area contributed by atoms with E-state index in [1.807, 2.05) is 24.3 Å². The number of methoxy groups -OCH3 is 1. The largest absolute Gasteiger partial charge is 0.497 e. The van der Waals surface area contributed by atoms with Crippen LogP contribution in [0.15, 0.2) is 24.3 Å². The van der Waals surface area contributed by atoms with E-state index < -0.39 is 6.10 Å². The van der Waals surface area contributed by atoms with Crippen molar-refractivity contribution in [3.8, 4) is 5.75 Å². The van der Waals surface area contributed by atoms with E-state index in [0.717, 1.165) is 24.2 Å². The summed E-state index contributed by atoms with van der Waals surface area (Å²) in [7, 11) is 1.61. The molecule has 1 unspecified atom stereocenters. The highest BCUT2D eigenvalue weighted by Gasteiger charge is 2.27. The standard InChI is InChI=1S/C16H25NO3/c1-19-14-7-5-6-13(10-14)15(18)11-20-12-16(17)8-3-2-4-9-16/h5-7,10,15,18H,2-4,8-9,11-12,17H2,1H3. The van der Waals surface area contributed by atoms with Crippen LogP contribution >= 0.6 is 0 Å². The molecule has 112 valence electrons. The van der Waals surface area contributed by atoms with Crippen LogP contribution in [-0.4, -0.2) is 31.0 Å². The van der Waals surface area contributed by atoms with Gasteiger partial charge in [0.2, 0.25) is 0 Å². The van der Waals surface area contributed by atoms with Crippen molar-refractivity contribution in [1.82, 2.24) is 0 Å². The lowest BCUT2D eigenvalue weighted by Crippen LogP contribution is -2.46. The normalized spacial score (nSPS) is 19.6. The molecule has 0 saturated heterocycles. The minimum Gasteiger partial charge on any atom is -0.497 e. The van der Waals surface area contributed by atoms with Crippen LogP contribution in [0.5, 0.6) is 5.75 Å². The quantitative estimate of drug-likeness (QED) is 0.839. The highest BCUT2D eigenvalue weighted by Crippen LogP contribution is 2.26. The molecule has 0 aromatic heterocycles. The molecule has 1 aliphatic rings. The smallest absolute Gasteiger partial charge is 0.119 e. The Bertz CT molecular complexity index is 416. The number of aliphatic hydroxyl groups excluding tert-OH is 1. The Hall–Kier alpha value is -1.10. The number of nitrogens with two attached hydrogens (primary N) is 1. The summed E-state index contributed by atoms with van der Waals surface area (Å²) < 4.78 is 10.8. The lowest BCUT2D eigenvalue weighted by Gasteiger charge is -2.33. The summed E-state index contributed by atoms with van der Waals surface area (Å²) in [5, 5.41) is 10.1. The monoisotopic (exact) mass is 279 g/mol. The lowest BCUT2D eigenvalue weighted by atomic mass is 9.83. The number of hydrogen-bond donors (Lipinski definition) is 2. The van der Waals surface area contributed by atoms with Crippen LogP contribution in [0.25, 0.3) is 0 Å². The molecular formula is C16H25NO3. The maximum Gasteiger partial charge on any atom is 0.119 e. The third kappa shape index (κ3) is 4.20. The van der Waals surface area contributed by atoms with Gasteiger partial charge >= 0.3 is 0 Å². The second kappa shape index (κ2) is 7.07. The molecule has 0 bridgehead atoms. The van der Waals surface area contributed by atoms with Gasteiger partial charge in [0, 0.05) is 5.54 Å². The van der Waals surface area contributed by atoms with Crippen molar-refractivity contribution in [2.45, 2.75) is 43.7 Å². The summed E-state index contributed by atoms with van der Waals surface area (Å²) in [6.07, 6.45) is 5.02. The number of aliphatic hydroxyl groups is 1. The van der Waals surface area contributed by atoms with Crippen LogP contribution in [0.2, 0.25) is 0 Å². The van der Waals surface area contributed by atoms with E-state index in [1.54, 1.807) is 7.11 Å². The minimum absolute atomic E-state index is 0.202.